The third-order valence-corrected chi connectivity index (χ3v) is 6.06. The van der Waals surface area contributed by atoms with E-state index in [-0.39, 0.29) is 17.6 Å². The molecule has 0 radical (unpaired) electrons. The first-order chi connectivity index (χ1) is 15.0. The second-order valence-corrected chi connectivity index (χ2v) is 7.77. The molecule has 31 heavy (non-hydrogen) atoms. The number of benzene rings is 1. The highest BCUT2D eigenvalue weighted by Gasteiger charge is 2.60. The van der Waals surface area contributed by atoms with E-state index in [0.717, 1.165) is 5.56 Å². The van der Waals surface area contributed by atoms with Gasteiger partial charge in [-0.2, -0.15) is 9.67 Å². The molecule has 0 saturated carbocycles. The smallest absolute Gasteiger partial charge is 0.319 e. The number of aromatic nitrogens is 5. The Labute approximate surface area is 175 Å². The topological polar surface area (TPSA) is 99.3 Å². The third-order valence-electron chi connectivity index (χ3n) is 6.06. The first kappa shape index (κ1) is 17.8. The quantitative estimate of drug-likeness (QED) is 0.476. The molecule has 1 aromatic carbocycles. The van der Waals surface area contributed by atoms with Crippen LogP contribution < -0.4 is 9.88 Å². The number of piperazine rings is 1. The fourth-order valence-electron chi connectivity index (χ4n) is 4.52. The van der Waals surface area contributed by atoms with Gasteiger partial charge in [0, 0.05) is 31.8 Å². The summed E-state index contributed by atoms with van der Waals surface area (Å²) in [7, 11) is 0. The average Bonchev–Trinajstić information content (AvgIpc) is 3.47. The van der Waals surface area contributed by atoms with Crippen molar-refractivity contribution in [3.8, 4) is 22.5 Å². The molecule has 4 aromatic rings. The van der Waals surface area contributed by atoms with Gasteiger partial charge in [-0.3, -0.25) is 19.6 Å². The van der Waals surface area contributed by atoms with Crippen LogP contribution in [0.3, 0.4) is 0 Å². The third kappa shape index (κ3) is 2.26. The molecule has 154 valence electrons. The van der Waals surface area contributed by atoms with Crippen LogP contribution in [0.4, 0.5) is 4.39 Å². The summed E-state index contributed by atoms with van der Waals surface area (Å²) in [5.41, 5.74) is 2.49. The zero-order chi connectivity index (χ0) is 21.3. The average molecular weight is 418 g/mol. The Morgan fingerprint density at radius 3 is 2.74 bits per heavy atom. The van der Waals surface area contributed by atoms with Gasteiger partial charge >= 0.3 is 11.6 Å². The van der Waals surface area contributed by atoms with Crippen molar-refractivity contribution in [1.29, 1.82) is 0 Å². The lowest BCUT2D eigenvalue weighted by Gasteiger charge is -2.35. The molecule has 1 unspecified atom stereocenters. The lowest BCUT2D eigenvalue weighted by molar-refractivity contribution is -0.731. The largest absolute Gasteiger partial charge is 0.349 e. The summed E-state index contributed by atoms with van der Waals surface area (Å²) in [6.45, 7) is 2.58. The molecule has 2 N–H and O–H groups in total. The lowest BCUT2D eigenvalue weighted by Crippen LogP contribution is -2.71. The summed E-state index contributed by atoms with van der Waals surface area (Å²) in [5.74, 6) is -0.806. The van der Waals surface area contributed by atoms with Crippen LogP contribution >= 0.6 is 0 Å². The van der Waals surface area contributed by atoms with E-state index in [1.54, 1.807) is 45.4 Å². The van der Waals surface area contributed by atoms with E-state index >= 15 is 0 Å². The van der Waals surface area contributed by atoms with E-state index in [4.69, 9.17) is 0 Å². The number of fused-ring (bicyclic) bond motifs is 5. The number of hydrogen-bond acceptors (Lipinski definition) is 4. The highest BCUT2D eigenvalue weighted by Crippen LogP contribution is 2.33. The molecule has 2 amide bonds. The Kier molecular flexibility index (Phi) is 3.42. The molecule has 10 heteroatoms. The van der Waals surface area contributed by atoms with Crippen molar-refractivity contribution in [2.45, 2.75) is 12.6 Å². The minimum atomic E-state index is -1.20. The minimum Gasteiger partial charge on any atom is -0.349 e. The Bertz CT molecular complexity index is 1380. The van der Waals surface area contributed by atoms with Gasteiger partial charge in [0.15, 0.2) is 6.20 Å². The number of imidazole rings is 1. The molecule has 0 aliphatic carbocycles. The van der Waals surface area contributed by atoms with Crippen molar-refractivity contribution in [2.24, 2.45) is 0 Å². The van der Waals surface area contributed by atoms with Crippen molar-refractivity contribution in [1.82, 2.24) is 30.0 Å². The Morgan fingerprint density at radius 1 is 1.19 bits per heavy atom. The van der Waals surface area contributed by atoms with Crippen LogP contribution in [0, 0.1) is 5.82 Å². The van der Waals surface area contributed by atoms with Crippen molar-refractivity contribution in [2.75, 3.05) is 13.1 Å². The van der Waals surface area contributed by atoms with Gasteiger partial charge in [-0.1, -0.05) is 9.61 Å². The SMILES string of the molecule is CC12C(=O)NCCN1C(=O)c1cn3nc(-c4ccc(F)cc4)cc(-c4ccn[nH]4)c3[n+]12. The van der Waals surface area contributed by atoms with Gasteiger partial charge in [0.1, 0.15) is 11.5 Å². The fraction of sp³-hybridized carbons (Fsp3) is 0.190. The van der Waals surface area contributed by atoms with Crippen molar-refractivity contribution in [3.63, 3.8) is 0 Å². The summed E-state index contributed by atoms with van der Waals surface area (Å²) in [4.78, 5) is 27.7. The number of carbonyl (C=O) groups excluding carboxylic acids is 2. The van der Waals surface area contributed by atoms with Crippen LogP contribution in [0.15, 0.2) is 48.8 Å². The predicted octanol–water partition coefficient (Wildman–Crippen LogP) is 1.08. The van der Waals surface area contributed by atoms with Gasteiger partial charge < -0.3 is 5.32 Å². The van der Waals surface area contributed by atoms with Crippen molar-refractivity contribution < 1.29 is 18.5 Å². The Balaban J connectivity index is 1.68. The first-order valence-electron chi connectivity index (χ1n) is 9.83. The second kappa shape index (κ2) is 5.97. The summed E-state index contributed by atoms with van der Waals surface area (Å²) in [6.07, 6.45) is 3.27. The molecule has 0 spiro atoms. The molecule has 1 saturated heterocycles. The van der Waals surface area contributed by atoms with E-state index in [0.29, 0.717) is 41.4 Å². The van der Waals surface area contributed by atoms with E-state index in [1.807, 2.05) is 12.1 Å². The summed E-state index contributed by atoms with van der Waals surface area (Å²) < 4.78 is 16.8. The summed E-state index contributed by atoms with van der Waals surface area (Å²) in [6, 6.07) is 9.69. The zero-order valence-electron chi connectivity index (χ0n) is 16.5. The number of amides is 2. The maximum Gasteiger partial charge on any atom is 0.319 e. The molecular weight excluding hydrogens is 401 g/mol. The number of carbonyl (C=O) groups is 2. The van der Waals surface area contributed by atoms with Crippen LogP contribution in [0.5, 0.6) is 0 Å². The van der Waals surface area contributed by atoms with Crippen molar-refractivity contribution in [3.05, 3.63) is 60.3 Å². The molecule has 2 aliphatic rings. The van der Waals surface area contributed by atoms with Gasteiger partial charge in [0.05, 0.1) is 11.3 Å². The first-order valence-corrected chi connectivity index (χ1v) is 9.83. The Morgan fingerprint density at radius 2 is 2.00 bits per heavy atom. The zero-order valence-corrected chi connectivity index (χ0v) is 16.5. The molecule has 3 aromatic heterocycles. The molecule has 0 bridgehead atoms. The molecule has 6 rings (SSSR count). The van der Waals surface area contributed by atoms with E-state index in [1.165, 1.54) is 12.1 Å². The standard InChI is InChI=1S/C21H16FN7O2/c1-21-20(31)23-8-9-27(21)19(30)17-11-28-18(29(17)21)14(15-6-7-24-25-15)10-16(26-28)12-2-4-13(22)5-3-12/h2-7,10-11H,8-9H2,1H3,(H-,23,24,25,26,31)/p+1. The molecule has 1 atom stereocenters. The molecule has 2 aliphatic heterocycles. The highest BCUT2D eigenvalue weighted by molar-refractivity contribution is 5.99. The number of nitrogens with one attached hydrogen (secondary N) is 2. The highest BCUT2D eigenvalue weighted by atomic mass is 19.1. The van der Waals surface area contributed by atoms with Gasteiger partial charge in [-0.15, -0.1) is 0 Å². The van der Waals surface area contributed by atoms with Crippen LogP contribution in [0.2, 0.25) is 0 Å². The second-order valence-electron chi connectivity index (χ2n) is 7.77. The van der Waals surface area contributed by atoms with Crippen molar-refractivity contribution >= 4 is 17.5 Å². The van der Waals surface area contributed by atoms with E-state index < -0.39 is 5.66 Å². The number of halogens is 1. The van der Waals surface area contributed by atoms with Crippen LogP contribution in [0.1, 0.15) is 17.4 Å². The molecule has 1 fully saturated rings. The number of rotatable bonds is 2. The fourth-order valence-corrected chi connectivity index (χ4v) is 4.52. The minimum absolute atomic E-state index is 0.221. The molecular formula is C21H17FN7O2+. The van der Waals surface area contributed by atoms with E-state index in [9.17, 15) is 14.0 Å². The van der Waals surface area contributed by atoms with Gasteiger partial charge in [0.25, 0.3) is 11.6 Å². The van der Waals surface area contributed by atoms with Crippen LogP contribution in [0.25, 0.3) is 28.2 Å². The van der Waals surface area contributed by atoms with Gasteiger partial charge in [-0.05, 0) is 36.4 Å². The Hall–Kier alpha value is -4.08. The maximum absolute atomic E-state index is 13.4. The summed E-state index contributed by atoms with van der Waals surface area (Å²) in [5, 5.41) is 14.6. The maximum atomic E-state index is 13.4. The van der Waals surface area contributed by atoms with Gasteiger partial charge in [-0.25, -0.2) is 4.39 Å². The monoisotopic (exact) mass is 418 g/mol. The number of hydrogen-bond donors (Lipinski definition) is 2. The normalized spacial score (nSPS) is 20.1. The summed E-state index contributed by atoms with van der Waals surface area (Å²) >= 11 is 0. The lowest BCUT2D eigenvalue weighted by atomic mass is 10.1. The van der Waals surface area contributed by atoms with E-state index in [2.05, 4.69) is 20.6 Å². The molecule has 9 nitrogen and oxygen atoms in total. The van der Waals surface area contributed by atoms with Crippen LogP contribution in [-0.4, -0.2) is 49.6 Å². The van der Waals surface area contributed by atoms with Crippen LogP contribution in [-0.2, 0) is 10.5 Å². The number of aromatic amines is 1. The number of H-pyrrole nitrogens is 1. The number of nitrogens with zero attached hydrogens (tertiary/aromatic N) is 5. The predicted molar refractivity (Wildman–Crippen MR) is 106 cm³/mol. The molecule has 5 heterocycles. The van der Waals surface area contributed by atoms with Gasteiger partial charge in [0.2, 0.25) is 5.69 Å².